The first-order valence-corrected chi connectivity index (χ1v) is 12.4. The second kappa shape index (κ2) is 9.89. The van der Waals surface area contributed by atoms with Gasteiger partial charge in [0, 0.05) is 50.9 Å². The van der Waals surface area contributed by atoms with Gasteiger partial charge in [-0.3, -0.25) is 14.7 Å². The van der Waals surface area contributed by atoms with Gasteiger partial charge in [0.2, 0.25) is 15.9 Å². The first-order chi connectivity index (χ1) is 15.0. The Morgan fingerprint density at radius 2 is 1.61 bits per heavy atom. The highest BCUT2D eigenvalue weighted by atomic mass is 32.2. The third-order valence-electron chi connectivity index (χ3n) is 6.25. The lowest BCUT2D eigenvalue weighted by Gasteiger charge is -2.34. The fourth-order valence-corrected chi connectivity index (χ4v) is 5.87. The monoisotopic (exact) mass is 442 g/mol. The number of benzene rings is 1. The van der Waals surface area contributed by atoms with E-state index in [4.69, 9.17) is 0 Å². The van der Waals surface area contributed by atoms with Crippen LogP contribution in [0.1, 0.15) is 31.4 Å². The zero-order chi connectivity index (χ0) is 21.7. The standard InChI is InChI=1S/C23H30N4O3S/c28-23(25-20-11-14-26(15-12-20)18-21-6-4-5-13-24-21)19-9-16-27(17-10-19)31(29,30)22-7-2-1-3-8-22/h1-8,13,19-20H,9-12,14-18H2,(H,25,28). The van der Waals surface area contributed by atoms with Crippen LogP contribution < -0.4 is 5.32 Å². The van der Waals surface area contributed by atoms with E-state index in [1.807, 2.05) is 24.4 Å². The molecule has 2 aliphatic heterocycles. The highest BCUT2D eigenvalue weighted by Gasteiger charge is 2.33. The average Bonchev–Trinajstić information content (AvgIpc) is 2.82. The van der Waals surface area contributed by atoms with E-state index in [0.29, 0.717) is 30.8 Å². The summed E-state index contributed by atoms with van der Waals surface area (Å²) in [5.41, 5.74) is 1.07. The summed E-state index contributed by atoms with van der Waals surface area (Å²) in [7, 11) is -3.48. The molecule has 0 unspecified atom stereocenters. The number of rotatable bonds is 6. The minimum atomic E-state index is -3.48. The molecule has 2 fully saturated rings. The third-order valence-corrected chi connectivity index (χ3v) is 8.16. The fourth-order valence-electron chi connectivity index (χ4n) is 4.38. The molecule has 2 aliphatic rings. The maximum atomic E-state index is 12.8. The van der Waals surface area contributed by atoms with Gasteiger partial charge in [-0.25, -0.2) is 8.42 Å². The molecule has 0 atom stereocenters. The van der Waals surface area contributed by atoms with Crippen LogP contribution in [0.2, 0.25) is 0 Å². The van der Waals surface area contributed by atoms with Crippen LogP contribution >= 0.6 is 0 Å². The summed E-state index contributed by atoms with van der Waals surface area (Å²) < 4.78 is 27.0. The van der Waals surface area contributed by atoms with Crippen molar-refractivity contribution in [1.82, 2.24) is 19.5 Å². The lowest BCUT2D eigenvalue weighted by molar-refractivity contribution is -0.127. The maximum absolute atomic E-state index is 12.8. The lowest BCUT2D eigenvalue weighted by Crippen LogP contribution is -2.48. The van der Waals surface area contributed by atoms with Crippen LogP contribution in [-0.4, -0.2) is 60.7 Å². The number of hydrogen-bond acceptors (Lipinski definition) is 5. The number of nitrogens with one attached hydrogen (secondary N) is 1. The molecule has 2 saturated heterocycles. The van der Waals surface area contributed by atoms with Crippen molar-refractivity contribution in [1.29, 1.82) is 0 Å². The summed E-state index contributed by atoms with van der Waals surface area (Å²) in [6.07, 6.45) is 4.81. The third kappa shape index (κ3) is 5.50. The molecule has 0 radical (unpaired) electrons. The predicted octanol–water partition coefficient (Wildman–Crippen LogP) is 2.26. The van der Waals surface area contributed by atoms with Crippen LogP contribution in [-0.2, 0) is 21.4 Å². The molecule has 1 N–H and O–H groups in total. The molecule has 0 spiro atoms. The van der Waals surface area contributed by atoms with Crippen LogP contribution in [0.4, 0.5) is 0 Å². The molecule has 7 nitrogen and oxygen atoms in total. The number of amides is 1. The van der Waals surface area contributed by atoms with Gasteiger partial charge in [0.25, 0.3) is 0 Å². The number of hydrogen-bond donors (Lipinski definition) is 1. The van der Waals surface area contributed by atoms with Gasteiger partial charge < -0.3 is 5.32 Å². The number of likely N-dealkylation sites (tertiary alicyclic amines) is 1. The Kier molecular flexibility index (Phi) is 6.99. The Labute approximate surface area is 184 Å². The van der Waals surface area contributed by atoms with Gasteiger partial charge in [-0.05, 0) is 49.9 Å². The Morgan fingerprint density at radius 1 is 0.935 bits per heavy atom. The van der Waals surface area contributed by atoms with Crippen molar-refractivity contribution in [3.63, 3.8) is 0 Å². The Morgan fingerprint density at radius 3 is 2.26 bits per heavy atom. The summed E-state index contributed by atoms with van der Waals surface area (Å²) in [5.74, 6) is -0.0475. The van der Waals surface area contributed by atoms with Crippen molar-refractivity contribution < 1.29 is 13.2 Å². The van der Waals surface area contributed by atoms with E-state index in [-0.39, 0.29) is 17.9 Å². The van der Waals surface area contributed by atoms with E-state index in [2.05, 4.69) is 15.2 Å². The number of piperidine rings is 2. The van der Waals surface area contributed by atoms with Gasteiger partial charge in [0.1, 0.15) is 0 Å². The summed E-state index contributed by atoms with van der Waals surface area (Å²) in [4.78, 5) is 19.8. The molecule has 1 amide bonds. The van der Waals surface area contributed by atoms with Crippen molar-refractivity contribution in [2.75, 3.05) is 26.2 Å². The lowest BCUT2D eigenvalue weighted by atomic mass is 9.96. The molecule has 166 valence electrons. The largest absolute Gasteiger partial charge is 0.353 e. The minimum Gasteiger partial charge on any atom is -0.353 e. The highest BCUT2D eigenvalue weighted by molar-refractivity contribution is 7.89. The number of carbonyl (C=O) groups excluding carboxylic acids is 1. The fraction of sp³-hybridized carbons (Fsp3) is 0.478. The van der Waals surface area contributed by atoms with E-state index in [1.54, 1.807) is 30.3 Å². The van der Waals surface area contributed by atoms with Crippen molar-refractivity contribution in [3.05, 3.63) is 60.4 Å². The second-order valence-corrected chi connectivity index (χ2v) is 10.3. The van der Waals surface area contributed by atoms with Gasteiger partial charge >= 0.3 is 0 Å². The first kappa shape index (κ1) is 21.9. The van der Waals surface area contributed by atoms with Gasteiger partial charge in [-0.15, -0.1) is 0 Å². The topological polar surface area (TPSA) is 82.6 Å². The van der Waals surface area contributed by atoms with E-state index in [9.17, 15) is 13.2 Å². The molecule has 31 heavy (non-hydrogen) atoms. The van der Waals surface area contributed by atoms with Crippen LogP contribution in [0.15, 0.2) is 59.6 Å². The molecule has 0 saturated carbocycles. The van der Waals surface area contributed by atoms with E-state index >= 15 is 0 Å². The summed E-state index contributed by atoms with van der Waals surface area (Å²) in [6.45, 7) is 3.50. The maximum Gasteiger partial charge on any atom is 0.243 e. The van der Waals surface area contributed by atoms with E-state index < -0.39 is 10.0 Å². The number of pyridine rings is 1. The van der Waals surface area contributed by atoms with Gasteiger partial charge in [-0.1, -0.05) is 24.3 Å². The number of aromatic nitrogens is 1. The minimum absolute atomic E-state index is 0.0694. The normalized spacial score (nSPS) is 19.9. The molecule has 3 heterocycles. The van der Waals surface area contributed by atoms with Crippen LogP contribution in [0.5, 0.6) is 0 Å². The zero-order valence-corrected chi connectivity index (χ0v) is 18.5. The Hall–Kier alpha value is -2.29. The van der Waals surface area contributed by atoms with E-state index in [1.165, 1.54) is 4.31 Å². The first-order valence-electron chi connectivity index (χ1n) is 11.0. The summed E-state index contributed by atoms with van der Waals surface area (Å²) in [6, 6.07) is 14.7. The van der Waals surface area contributed by atoms with Crippen molar-refractivity contribution in [2.45, 2.75) is 43.2 Å². The molecular formula is C23H30N4O3S. The van der Waals surface area contributed by atoms with Crippen molar-refractivity contribution >= 4 is 15.9 Å². The van der Waals surface area contributed by atoms with Crippen LogP contribution in [0, 0.1) is 5.92 Å². The van der Waals surface area contributed by atoms with Gasteiger partial charge in [-0.2, -0.15) is 4.31 Å². The number of sulfonamides is 1. The predicted molar refractivity (Wildman–Crippen MR) is 119 cm³/mol. The smallest absolute Gasteiger partial charge is 0.243 e. The van der Waals surface area contributed by atoms with Crippen LogP contribution in [0.3, 0.4) is 0 Å². The Balaban J connectivity index is 1.22. The number of nitrogens with zero attached hydrogens (tertiary/aromatic N) is 3. The molecule has 1 aromatic heterocycles. The molecule has 1 aromatic carbocycles. The molecular weight excluding hydrogens is 412 g/mol. The SMILES string of the molecule is O=C(NC1CCN(Cc2ccccn2)CC1)C1CCN(S(=O)(=O)c2ccccc2)CC1. The van der Waals surface area contributed by atoms with Crippen molar-refractivity contribution in [2.24, 2.45) is 5.92 Å². The van der Waals surface area contributed by atoms with Gasteiger partial charge in [0.15, 0.2) is 0 Å². The molecule has 2 aromatic rings. The average molecular weight is 443 g/mol. The molecule has 4 rings (SSSR count). The Bertz CT molecular complexity index is 953. The second-order valence-electron chi connectivity index (χ2n) is 8.37. The molecule has 0 bridgehead atoms. The summed E-state index contributed by atoms with van der Waals surface area (Å²) in [5, 5.41) is 3.21. The van der Waals surface area contributed by atoms with Gasteiger partial charge in [0.05, 0.1) is 10.6 Å². The quantitative estimate of drug-likeness (QED) is 0.742. The van der Waals surface area contributed by atoms with E-state index in [0.717, 1.165) is 38.2 Å². The van der Waals surface area contributed by atoms with Crippen molar-refractivity contribution in [3.8, 4) is 0 Å². The number of carbonyl (C=O) groups is 1. The molecule has 8 heteroatoms. The summed E-state index contributed by atoms with van der Waals surface area (Å²) >= 11 is 0. The zero-order valence-electron chi connectivity index (χ0n) is 17.7. The molecule has 0 aliphatic carbocycles. The highest BCUT2D eigenvalue weighted by Crippen LogP contribution is 2.24. The van der Waals surface area contributed by atoms with Crippen LogP contribution in [0.25, 0.3) is 0 Å².